The SMILES string of the molecule is CC(C)(C)OC(=O)N1CC=C2C(C#N)=C(N)C(C#N)(C#N)[C@H](c3ccoc3)[C@H]2C1. The van der Waals surface area contributed by atoms with E-state index in [2.05, 4.69) is 6.07 Å². The standard InChI is InChI=1S/C21H21N5O3/c1-20(2,3)29-19(27)26-6-4-14-15(8-22)18(25)21(11-23,12-24)17(16(14)9-26)13-5-7-28-10-13/h4-5,7,10,16-17H,6,9,25H2,1-3H3/t16-,17+/m0/s1. The first-order valence-corrected chi connectivity index (χ1v) is 9.11. The fourth-order valence-corrected chi connectivity index (χ4v) is 3.98. The zero-order valence-corrected chi connectivity index (χ0v) is 16.5. The van der Waals surface area contributed by atoms with Gasteiger partial charge in [0.2, 0.25) is 0 Å². The number of nitrogens with two attached hydrogens (primary N) is 1. The lowest BCUT2D eigenvalue weighted by Crippen LogP contribution is -2.50. The Morgan fingerprint density at radius 3 is 2.55 bits per heavy atom. The van der Waals surface area contributed by atoms with Gasteiger partial charge in [-0.25, -0.2) is 4.79 Å². The molecule has 0 saturated carbocycles. The van der Waals surface area contributed by atoms with E-state index in [1.807, 2.05) is 12.1 Å². The summed E-state index contributed by atoms with van der Waals surface area (Å²) in [5, 5.41) is 29.6. The summed E-state index contributed by atoms with van der Waals surface area (Å²) in [4.78, 5) is 14.1. The van der Waals surface area contributed by atoms with Gasteiger partial charge in [-0.2, -0.15) is 15.8 Å². The molecule has 2 aliphatic rings. The number of carbonyl (C=O) groups excluding carboxylic acids is 1. The number of allylic oxidation sites excluding steroid dienone is 2. The molecule has 3 rings (SSSR count). The average Bonchev–Trinajstić information content (AvgIpc) is 3.19. The number of amides is 1. The van der Waals surface area contributed by atoms with Gasteiger partial charge in [-0.1, -0.05) is 6.08 Å². The monoisotopic (exact) mass is 391 g/mol. The van der Waals surface area contributed by atoms with Crippen LogP contribution in [0.15, 0.2) is 45.9 Å². The molecular formula is C21H21N5O3. The Hall–Kier alpha value is -3.70. The molecular weight excluding hydrogens is 370 g/mol. The van der Waals surface area contributed by atoms with Crippen molar-refractivity contribution in [3.63, 3.8) is 0 Å². The second-order valence-corrected chi connectivity index (χ2v) is 8.12. The molecule has 29 heavy (non-hydrogen) atoms. The van der Waals surface area contributed by atoms with Crippen LogP contribution in [0.4, 0.5) is 4.79 Å². The van der Waals surface area contributed by atoms with Gasteiger partial charge in [-0.3, -0.25) is 0 Å². The largest absolute Gasteiger partial charge is 0.472 e. The van der Waals surface area contributed by atoms with Crippen LogP contribution in [0.3, 0.4) is 0 Å². The van der Waals surface area contributed by atoms with Crippen molar-refractivity contribution in [1.29, 1.82) is 15.8 Å². The van der Waals surface area contributed by atoms with Gasteiger partial charge in [-0.05, 0) is 38.0 Å². The molecule has 0 saturated heterocycles. The number of hydrogen-bond acceptors (Lipinski definition) is 7. The molecule has 2 atom stereocenters. The molecule has 8 heteroatoms. The van der Waals surface area contributed by atoms with E-state index in [9.17, 15) is 20.6 Å². The summed E-state index contributed by atoms with van der Waals surface area (Å²) in [6.45, 7) is 5.75. The maximum atomic E-state index is 12.6. The number of nitriles is 3. The Kier molecular flexibility index (Phi) is 4.86. The Labute approximate surface area is 169 Å². The quantitative estimate of drug-likeness (QED) is 0.776. The van der Waals surface area contributed by atoms with Crippen LogP contribution in [-0.2, 0) is 4.74 Å². The zero-order valence-electron chi connectivity index (χ0n) is 16.5. The minimum atomic E-state index is -1.76. The lowest BCUT2D eigenvalue weighted by Gasteiger charge is -2.45. The molecule has 1 aromatic heterocycles. The maximum Gasteiger partial charge on any atom is 0.410 e. The zero-order chi connectivity index (χ0) is 21.4. The topological polar surface area (TPSA) is 140 Å². The van der Waals surface area contributed by atoms with Crippen molar-refractivity contribution in [3.05, 3.63) is 47.1 Å². The van der Waals surface area contributed by atoms with E-state index in [4.69, 9.17) is 14.9 Å². The van der Waals surface area contributed by atoms with E-state index < -0.39 is 28.9 Å². The fourth-order valence-electron chi connectivity index (χ4n) is 3.98. The van der Waals surface area contributed by atoms with Gasteiger partial charge in [0, 0.05) is 24.9 Å². The third-order valence-corrected chi connectivity index (χ3v) is 5.22. The second-order valence-electron chi connectivity index (χ2n) is 8.12. The minimum absolute atomic E-state index is 0.0654. The van der Waals surface area contributed by atoms with Crippen LogP contribution in [0, 0.1) is 45.3 Å². The number of hydrogen-bond donors (Lipinski definition) is 1. The van der Waals surface area contributed by atoms with Gasteiger partial charge in [-0.15, -0.1) is 0 Å². The van der Waals surface area contributed by atoms with Crippen molar-refractivity contribution in [2.24, 2.45) is 17.1 Å². The van der Waals surface area contributed by atoms with Crippen molar-refractivity contribution in [2.75, 3.05) is 13.1 Å². The van der Waals surface area contributed by atoms with Gasteiger partial charge in [0.1, 0.15) is 11.7 Å². The van der Waals surface area contributed by atoms with Crippen LogP contribution in [-0.4, -0.2) is 29.7 Å². The molecule has 0 bridgehead atoms. The molecule has 0 aromatic carbocycles. The van der Waals surface area contributed by atoms with Crippen molar-refractivity contribution in [3.8, 4) is 18.2 Å². The van der Waals surface area contributed by atoms with Crippen molar-refractivity contribution in [2.45, 2.75) is 32.3 Å². The van der Waals surface area contributed by atoms with E-state index in [1.165, 1.54) is 17.4 Å². The van der Waals surface area contributed by atoms with Gasteiger partial charge in [0.15, 0.2) is 5.41 Å². The fraction of sp³-hybridized carbons (Fsp3) is 0.429. The summed E-state index contributed by atoms with van der Waals surface area (Å²) < 4.78 is 10.7. The van der Waals surface area contributed by atoms with Crippen LogP contribution in [0.1, 0.15) is 32.3 Å². The average molecular weight is 391 g/mol. The Bertz CT molecular complexity index is 995. The molecule has 1 aliphatic heterocycles. The Morgan fingerprint density at radius 2 is 2.03 bits per heavy atom. The maximum absolute atomic E-state index is 12.6. The first-order chi connectivity index (χ1) is 13.7. The highest BCUT2D eigenvalue weighted by atomic mass is 16.6. The molecule has 1 amide bonds. The summed E-state index contributed by atoms with van der Waals surface area (Å²) >= 11 is 0. The third kappa shape index (κ3) is 3.22. The molecule has 0 spiro atoms. The molecule has 0 fully saturated rings. The highest BCUT2D eigenvalue weighted by Gasteiger charge is 2.55. The molecule has 1 aromatic rings. The second kappa shape index (κ2) is 7.04. The van der Waals surface area contributed by atoms with E-state index in [-0.39, 0.29) is 24.4 Å². The van der Waals surface area contributed by atoms with Crippen molar-refractivity contribution in [1.82, 2.24) is 4.90 Å². The number of fused-ring (bicyclic) bond motifs is 1. The van der Waals surface area contributed by atoms with Crippen LogP contribution in [0.5, 0.6) is 0 Å². The van der Waals surface area contributed by atoms with Crippen molar-refractivity contribution < 1.29 is 13.9 Å². The van der Waals surface area contributed by atoms with Crippen LogP contribution in [0.2, 0.25) is 0 Å². The third-order valence-electron chi connectivity index (χ3n) is 5.22. The van der Waals surface area contributed by atoms with Crippen molar-refractivity contribution >= 4 is 6.09 Å². The van der Waals surface area contributed by atoms with Gasteiger partial charge < -0.3 is 19.8 Å². The normalized spacial score (nSPS) is 23.2. The van der Waals surface area contributed by atoms with E-state index >= 15 is 0 Å². The first kappa shape index (κ1) is 20.0. The van der Waals surface area contributed by atoms with Crippen LogP contribution in [0.25, 0.3) is 0 Å². The molecule has 2 heterocycles. The smallest absolute Gasteiger partial charge is 0.410 e. The number of furan rings is 1. The lowest BCUT2D eigenvalue weighted by molar-refractivity contribution is 0.0224. The number of nitrogens with zero attached hydrogens (tertiary/aromatic N) is 4. The van der Waals surface area contributed by atoms with Crippen LogP contribution >= 0.6 is 0 Å². The van der Waals surface area contributed by atoms with Gasteiger partial charge in [0.25, 0.3) is 0 Å². The number of carbonyl (C=O) groups is 1. The van der Waals surface area contributed by atoms with E-state index in [0.29, 0.717) is 11.1 Å². The summed E-state index contributed by atoms with van der Waals surface area (Å²) in [6, 6.07) is 7.79. The van der Waals surface area contributed by atoms with E-state index in [1.54, 1.807) is 32.9 Å². The molecule has 148 valence electrons. The summed E-state index contributed by atoms with van der Waals surface area (Å²) in [5.41, 5.74) is 5.09. The minimum Gasteiger partial charge on any atom is -0.472 e. The predicted octanol–water partition coefficient (Wildman–Crippen LogP) is 2.94. The van der Waals surface area contributed by atoms with Gasteiger partial charge >= 0.3 is 6.09 Å². The number of rotatable bonds is 1. The molecule has 1 aliphatic carbocycles. The molecule has 0 radical (unpaired) electrons. The Balaban J connectivity index is 2.14. The predicted molar refractivity (Wildman–Crippen MR) is 101 cm³/mol. The lowest BCUT2D eigenvalue weighted by atomic mass is 9.58. The summed E-state index contributed by atoms with van der Waals surface area (Å²) in [7, 11) is 0. The highest BCUT2D eigenvalue weighted by Crippen LogP contribution is 2.54. The molecule has 0 unspecified atom stereocenters. The molecule has 2 N–H and O–H groups in total. The van der Waals surface area contributed by atoms with Gasteiger partial charge in [0.05, 0.1) is 35.9 Å². The summed E-state index contributed by atoms with van der Waals surface area (Å²) in [5.74, 6) is -1.19. The highest BCUT2D eigenvalue weighted by molar-refractivity contribution is 5.70. The Morgan fingerprint density at radius 1 is 1.34 bits per heavy atom. The molecule has 8 nitrogen and oxygen atoms in total. The van der Waals surface area contributed by atoms with Crippen LogP contribution < -0.4 is 5.73 Å². The summed E-state index contributed by atoms with van der Waals surface area (Å²) in [6.07, 6.45) is 4.16. The number of ether oxygens (including phenoxy) is 1. The van der Waals surface area contributed by atoms with E-state index in [0.717, 1.165) is 0 Å². The first-order valence-electron chi connectivity index (χ1n) is 9.11.